The smallest absolute Gasteiger partial charge is 0.340 e. The molecule has 7 heteroatoms. The third-order valence-electron chi connectivity index (χ3n) is 5.13. The summed E-state index contributed by atoms with van der Waals surface area (Å²) in [4.78, 5) is 25.0. The first-order valence-electron chi connectivity index (χ1n) is 9.20. The Bertz CT molecular complexity index is 1080. The maximum atomic E-state index is 12.6. The summed E-state index contributed by atoms with van der Waals surface area (Å²) in [6.07, 6.45) is 4.25. The molecule has 2 aromatic heterocycles. The summed E-state index contributed by atoms with van der Waals surface area (Å²) in [5.41, 5.74) is 3.52. The fraction of sp³-hybridized carbons (Fsp3) is 0.429. The Labute approximate surface area is 167 Å². The number of fused-ring (bicyclic) bond motifs is 2. The lowest BCUT2D eigenvalue weighted by Gasteiger charge is -2.16. The summed E-state index contributed by atoms with van der Waals surface area (Å²) in [6.45, 7) is 5.53. The van der Waals surface area contributed by atoms with E-state index < -0.39 is 5.63 Å². The van der Waals surface area contributed by atoms with Crippen LogP contribution in [0.5, 0.6) is 0 Å². The number of aliphatic hydroxyl groups is 1. The largest absolute Gasteiger partial charge is 0.464 e. The number of nitrogens with one attached hydrogen (secondary N) is 1. The van der Waals surface area contributed by atoms with Gasteiger partial charge in [0.05, 0.1) is 30.9 Å². The van der Waals surface area contributed by atoms with Gasteiger partial charge in [0.2, 0.25) is 5.91 Å². The van der Waals surface area contributed by atoms with Crippen molar-refractivity contribution in [1.29, 1.82) is 0 Å². The van der Waals surface area contributed by atoms with Crippen molar-refractivity contribution in [2.75, 3.05) is 18.6 Å². The topological polar surface area (TPSA) is 92.7 Å². The van der Waals surface area contributed by atoms with E-state index in [2.05, 4.69) is 5.32 Å². The summed E-state index contributed by atoms with van der Waals surface area (Å²) < 4.78 is 11.2. The van der Waals surface area contributed by atoms with Gasteiger partial charge in [-0.3, -0.25) is 4.79 Å². The minimum atomic E-state index is -0.518. The van der Waals surface area contributed by atoms with E-state index in [1.807, 2.05) is 33.1 Å². The second-order valence-corrected chi connectivity index (χ2v) is 8.06. The predicted octanol–water partition coefficient (Wildman–Crippen LogP) is 3.24. The van der Waals surface area contributed by atoms with Crippen LogP contribution in [0.25, 0.3) is 21.9 Å². The van der Waals surface area contributed by atoms with Crippen LogP contribution in [0.4, 0.5) is 0 Å². The van der Waals surface area contributed by atoms with Crippen molar-refractivity contribution >= 4 is 39.6 Å². The van der Waals surface area contributed by atoms with Crippen LogP contribution in [0.15, 0.2) is 26.0 Å². The zero-order chi connectivity index (χ0) is 20.4. The molecule has 0 saturated heterocycles. The van der Waals surface area contributed by atoms with Gasteiger partial charge in [-0.05, 0) is 56.4 Å². The summed E-state index contributed by atoms with van der Waals surface area (Å²) in [6, 6.07) is 1.63. The van der Waals surface area contributed by atoms with E-state index >= 15 is 0 Å². The maximum absolute atomic E-state index is 12.6. The fourth-order valence-electron chi connectivity index (χ4n) is 3.43. The first kappa shape index (κ1) is 20.5. The number of benzene rings is 1. The Morgan fingerprint density at radius 3 is 2.64 bits per heavy atom. The maximum Gasteiger partial charge on any atom is 0.340 e. The van der Waals surface area contributed by atoms with Crippen LogP contribution < -0.4 is 10.9 Å². The summed E-state index contributed by atoms with van der Waals surface area (Å²) in [7, 11) is 0. The van der Waals surface area contributed by atoms with Crippen LogP contribution >= 0.6 is 11.8 Å². The standard InChI is InChI=1S/C21H25NO5S/c1-11-10-26-19-13(3)20-16(7-15(11)19)12(2)17(21(25)27-20)8-18(24)22-14(9-23)5-6-28-4/h7,10,14,23H,5-6,8-9H2,1-4H3,(H,22,24)/t14-/m1/s1. The van der Waals surface area contributed by atoms with Gasteiger partial charge >= 0.3 is 5.63 Å². The van der Waals surface area contributed by atoms with Crippen molar-refractivity contribution in [3.05, 3.63) is 45.0 Å². The normalized spacial score (nSPS) is 12.6. The molecule has 0 saturated carbocycles. The molecule has 0 aliphatic rings. The van der Waals surface area contributed by atoms with Crippen LogP contribution in [0.3, 0.4) is 0 Å². The monoisotopic (exact) mass is 403 g/mol. The van der Waals surface area contributed by atoms with Crippen LogP contribution in [0.2, 0.25) is 0 Å². The lowest BCUT2D eigenvalue weighted by molar-refractivity contribution is -0.121. The van der Waals surface area contributed by atoms with Crippen molar-refractivity contribution < 1.29 is 18.7 Å². The van der Waals surface area contributed by atoms with Crippen LogP contribution in [0, 0.1) is 20.8 Å². The molecule has 0 spiro atoms. The molecule has 2 N–H and O–H groups in total. The van der Waals surface area contributed by atoms with Gasteiger partial charge in [0.1, 0.15) is 11.2 Å². The van der Waals surface area contributed by atoms with Gasteiger partial charge in [-0.25, -0.2) is 4.79 Å². The van der Waals surface area contributed by atoms with Gasteiger partial charge in [0.15, 0.2) is 0 Å². The fourth-order valence-corrected chi connectivity index (χ4v) is 3.95. The number of hydrogen-bond acceptors (Lipinski definition) is 6. The highest BCUT2D eigenvalue weighted by Gasteiger charge is 2.20. The van der Waals surface area contributed by atoms with Crippen molar-refractivity contribution in [2.24, 2.45) is 0 Å². The van der Waals surface area contributed by atoms with Crippen LogP contribution in [-0.4, -0.2) is 35.7 Å². The second kappa shape index (κ2) is 8.41. The number of aryl methyl sites for hydroxylation is 3. The number of furan rings is 1. The number of amides is 1. The van der Waals surface area contributed by atoms with E-state index in [9.17, 15) is 14.7 Å². The molecular formula is C21H25NO5S. The average molecular weight is 404 g/mol. The third-order valence-corrected chi connectivity index (χ3v) is 5.77. The SMILES string of the molecule is CSCC[C@H](CO)NC(=O)Cc1c(C)c2cc3c(C)coc3c(C)c2oc1=O. The molecule has 6 nitrogen and oxygen atoms in total. The van der Waals surface area contributed by atoms with E-state index in [-0.39, 0.29) is 25.0 Å². The Hall–Kier alpha value is -2.25. The van der Waals surface area contributed by atoms with Crippen molar-refractivity contribution in [2.45, 2.75) is 39.7 Å². The molecule has 0 radical (unpaired) electrons. The van der Waals surface area contributed by atoms with Gasteiger partial charge < -0.3 is 19.3 Å². The highest BCUT2D eigenvalue weighted by atomic mass is 32.2. The number of thioether (sulfide) groups is 1. The molecule has 1 atom stereocenters. The minimum Gasteiger partial charge on any atom is -0.464 e. The molecule has 0 aliphatic carbocycles. The summed E-state index contributed by atoms with van der Waals surface area (Å²) in [5.74, 6) is 0.536. The first-order chi connectivity index (χ1) is 13.4. The number of carbonyl (C=O) groups is 1. The van der Waals surface area contributed by atoms with Gasteiger partial charge in [-0.2, -0.15) is 11.8 Å². The Kier molecular flexibility index (Phi) is 6.15. The molecule has 28 heavy (non-hydrogen) atoms. The zero-order valence-electron chi connectivity index (χ0n) is 16.5. The van der Waals surface area contributed by atoms with E-state index in [4.69, 9.17) is 8.83 Å². The van der Waals surface area contributed by atoms with Gasteiger partial charge in [-0.1, -0.05) is 0 Å². The molecule has 150 valence electrons. The Morgan fingerprint density at radius 1 is 1.21 bits per heavy atom. The van der Waals surface area contributed by atoms with Crippen molar-refractivity contribution in [1.82, 2.24) is 5.32 Å². The van der Waals surface area contributed by atoms with E-state index in [0.29, 0.717) is 23.2 Å². The number of hydrogen-bond donors (Lipinski definition) is 2. The van der Waals surface area contributed by atoms with Crippen LogP contribution in [-0.2, 0) is 11.2 Å². The number of aliphatic hydroxyl groups excluding tert-OH is 1. The number of rotatable bonds is 7. The van der Waals surface area contributed by atoms with Crippen LogP contribution in [0.1, 0.15) is 28.7 Å². The van der Waals surface area contributed by atoms with Gasteiger partial charge in [0, 0.05) is 16.3 Å². The lowest BCUT2D eigenvalue weighted by atomic mass is 9.99. The van der Waals surface area contributed by atoms with E-state index in [1.165, 1.54) is 0 Å². The van der Waals surface area contributed by atoms with Gasteiger partial charge in [-0.15, -0.1) is 0 Å². The van der Waals surface area contributed by atoms with Crippen molar-refractivity contribution in [3.63, 3.8) is 0 Å². The van der Waals surface area contributed by atoms with E-state index in [1.54, 1.807) is 18.0 Å². The highest BCUT2D eigenvalue weighted by Crippen LogP contribution is 2.32. The molecule has 0 aliphatic heterocycles. The molecule has 1 amide bonds. The second-order valence-electron chi connectivity index (χ2n) is 7.07. The van der Waals surface area contributed by atoms with E-state index in [0.717, 1.165) is 33.2 Å². The Balaban J connectivity index is 1.97. The highest BCUT2D eigenvalue weighted by molar-refractivity contribution is 7.98. The Morgan fingerprint density at radius 2 is 1.96 bits per heavy atom. The summed E-state index contributed by atoms with van der Waals surface area (Å²) >= 11 is 1.65. The predicted molar refractivity (Wildman–Crippen MR) is 112 cm³/mol. The first-order valence-corrected chi connectivity index (χ1v) is 10.6. The molecule has 3 aromatic rings. The zero-order valence-corrected chi connectivity index (χ0v) is 17.4. The molecule has 1 aromatic carbocycles. The summed E-state index contributed by atoms with van der Waals surface area (Å²) in [5, 5.41) is 14.0. The molecule has 0 fully saturated rings. The molecule has 3 rings (SSSR count). The average Bonchev–Trinajstić information content (AvgIpc) is 3.04. The lowest BCUT2D eigenvalue weighted by Crippen LogP contribution is -2.39. The van der Waals surface area contributed by atoms with Crippen molar-refractivity contribution in [3.8, 4) is 0 Å². The van der Waals surface area contributed by atoms with Gasteiger partial charge in [0.25, 0.3) is 0 Å². The third kappa shape index (κ3) is 3.82. The quantitative estimate of drug-likeness (QED) is 0.589. The number of carbonyl (C=O) groups excluding carboxylic acids is 1. The molecular weight excluding hydrogens is 378 g/mol. The molecule has 0 bridgehead atoms. The minimum absolute atomic E-state index is 0.0820. The molecule has 0 unspecified atom stereocenters. The molecule has 2 heterocycles.